The molecule has 0 aromatic carbocycles. The van der Waals surface area contributed by atoms with Gasteiger partial charge in [-0.05, 0) is 44.9 Å². The van der Waals surface area contributed by atoms with Gasteiger partial charge in [0.15, 0.2) is 6.10 Å². The molecular weight excluding hydrogens is 786 g/mol. The van der Waals surface area contributed by atoms with Crippen LogP contribution in [0.3, 0.4) is 0 Å². The Bertz CT molecular complexity index is 1050. The third-order valence-corrected chi connectivity index (χ3v) is 12.3. The summed E-state index contributed by atoms with van der Waals surface area (Å²) in [5, 5.41) is 0. The molecule has 0 saturated heterocycles. The van der Waals surface area contributed by atoms with E-state index in [0.29, 0.717) is 6.42 Å². The van der Waals surface area contributed by atoms with Crippen LogP contribution in [0.4, 0.5) is 0 Å². The van der Waals surface area contributed by atoms with Crippen molar-refractivity contribution in [3.8, 4) is 0 Å². The Balaban J connectivity index is 3.94. The first-order valence-corrected chi connectivity index (χ1v) is 27.3. The standard InChI is InChI=1S/C51H98NO8P/c1-3-5-7-9-11-13-15-17-18-19-20-21-22-23-24-25-26-27-28-29-30-32-34-36-38-40-42-44-51(54)60-49(48-59-61(55,56)58-46-45-52)47-57-50(53)43-41-39-37-35-33-31-16-14-12-10-8-6-4-2/h15,17,19-20,49H,3-14,16,18,21-48,52H2,1-2H3,(H,55,56)/b17-15-,20-19-. The molecule has 2 atom stereocenters. The molecule has 61 heavy (non-hydrogen) atoms. The Morgan fingerprint density at radius 2 is 0.852 bits per heavy atom. The summed E-state index contributed by atoms with van der Waals surface area (Å²) in [5.41, 5.74) is 5.36. The summed E-state index contributed by atoms with van der Waals surface area (Å²) < 4.78 is 32.9. The maximum absolute atomic E-state index is 12.6. The number of hydrogen-bond donors (Lipinski definition) is 2. The van der Waals surface area contributed by atoms with E-state index in [1.54, 1.807) is 0 Å². The average molecular weight is 884 g/mol. The smallest absolute Gasteiger partial charge is 0.462 e. The highest BCUT2D eigenvalue weighted by atomic mass is 31.2. The summed E-state index contributed by atoms with van der Waals surface area (Å²) in [4.78, 5) is 35.0. The normalized spacial score (nSPS) is 13.3. The molecular formula is C51H98NO8P. The number of carbonyl (C=O) groups excluding carboxylic acids is 2. The lowest BCUT2D eigenvalue weighted by atomic mass is 10.0. The van der Waals surface area contributed by atoms with Crippen molar-refractivity contribution in [1.82, 2.24) is 0 Å². The minimum atomic E-state index is -4.38. The number of unbranched alkanes of at least 4 members (excludes halogenated alkanes) is 32. The Hall–Kier alpha value is -1.51. The molecule has 0 fully saturated rings. The molecule has 0 aromatic heterocycles. The summed E-state index contributed by atoms with van der Waals surface area (Å²) in [6, 6.07) is 0. The molecule has 0 spiro atoms. The number of esters is 2. The molecule has 360 valence electrons. The monoisotopic (exact) mass is 884 g/mol. The lowest BCUT2D eigenvalue weighted by Crippen LogP contribution is -2.29. The SMILES string of the molecule is CCCCCCC/C=C\C/C=C\CCCCCCCCCCCCCCCCCC(=O)OC(COC(=O)CCCCCCCCCCCCCCC)COP(=O)(O)OCCN. The summed E-state index contributed by atoms with van der Waals surface area (Å²) in [5.74, 6) is -0.815. The van der Waals surface area contributed by atoms with Gasteiger partial charge in [-0.25, -0.2) is 4.57 Å². The van der Waals surface area contributed by atoms with Gasteiger partial charge in [-0.15, -0.1) is 0 Å². The lowest BCUT2D eigenvalue weighted by molar-refractivity contribution is -0.161. The van der Waals surface area contributed by atoms with Crippen molar-refractivity contribution in [2.45, 2.75) is 264 Å². The molecule has 0 aliphatic rings. The van der Waals surface area contributed by atoms with Crippen molar-refractivity contribution in [2.75, 3.05) is 26.4 Å². The van der Waals surface area contributed by atoms with E-state index in [2.05, 4.69) is 38.2 Å². The van der Waals surface area contributed by atoms with E-state index in [-0.39, 0.29) is 38.6 Å². The number of ether oxygens (including phenoxy) is 2. The minimum Gasteiger partial charge on any atom is -0.462 e. The molecule has 9 nitrogen and oxygen atoms in total. The van der Waals surface area contributed by atoms with E-state index < -0.39 is 26.5 Å². The van der Waals surface area contributed by atoms with Crippen LogP contribution in [0.15, 0.2) is 24.3 Å². The molecule has 0 heterocycles. The first-order chi connectivity index (χ1) is 29.8. The van der Waals surface area contributed by atoms with Crippen LogP contribution in [0.5, 0.6) is 0 Å². The fourth-order valence-corrected chi connectivity index (χ4v) is 8.26. The van der Waals surface area contributed by atoms with E-state index in [1.807, 2.05) is 0 Å². The van der Waals surface area contributed by atoms with Crippen LogP contribution < -0.4 is 5.73 Å². The van der Waals surface area contributed by atoms with Gasteiger partial charge in [-0.2, -0.15) is 0 Å². The Labute approximate surface area is 376 Å². The van der Waals surface area contributed by atoms with Crippen molar-refractivity contribution in [1.29, 1.82) is 0 Å². The highest BCUT2D eigenvalue weighted by Gasteiger charge is 2.26. The number of rotatable bonds is 49. The summed E-state index contributed by atoms with van der Waals surface area (Å²) in [6.07, 6.45) is 53.7. The Morgan fingerprint density at radius 3 is 1.25 bits per heavy atom. The largest absolute Gasteiger partial charge is 0.472 e. The Morgan fingerprint density at radius 1 is 0.492 bits per heavy atom. The number of nitrogens with two attached hydrogens (primary N) is 1. The summed E-state index contributed by atoms with van der Waals surface area (Å²) in [6.45, 7) is 3.76. The predicted octanol–water partition coefficient (Wildman–Crippen LogP) is 15.5. The van der Waals surface area contributed by atoms with E-state index in [4.69, 9.17) is 24.3 Å². The van der Waals surface area contributed by atoms with Gasteiger partial charge in [0, 0.05) is 19.4 Å². The maximum Gasteiger partial charge on any atom is 0.472 e. The zero-order chi connectivity index (χ0) is 44.6. The molecule has 0 bridgehead atoms. The number of phosphoric ester groups is 1. The maximum atomic E-state index is 12.6. The van der Waals surface area contributed by atoms with Gasteiger partial charge in [0.25, 0.3) is 0 Å². The molecule has 0 aliphatic heterocycles. The van der Waals surface area contributed by atoms with Crippen LogP contribution in [0.2, 0.25) is 0 Å². The number of phosphoric acid groups is 1. The van der Waals surface area contributed by atoms with Crippen molar-refractivity contribution >= 4 is 19.8 Å². The van der Waals surface area contributed by atoms with Gasteiger partial charge < -0.3 is 20.1 Å². The van der Waals surface area contributed by atoms with Gasteiger partial charge >= 0.3 is 19.8 Å². The molecule has 0 saturated carbocycles. The van der Waals surface area contributed by atoms with E-state index in [0.717, 1.165) is 38.5 Å². The van der Waals surface area contributed by atoms with E-state index in [9.17, 15) is 19.0 Å². The van der Waals surface area contributed by atoms with Gasteiger partial charge in [-0.3, -0.25) is 18.6 Å². The first kappa shape index (κ1) is 59.5. The average Bonchev–Trinajstić information content (AvgIpc) is 3.25. The fourth-order valence-electron chi connectivity index (χ4n) is 7.49. The number of carbonyl (C=O) groups is 2. The van der Waals surface area contributed by atoms with Gasteiger partial charge in [0.05, 0.1) is 13.2 Å². The first-order valence-electron chi connectivity index (χ1n) is 25.8. The third kappa shape index (κ3) is 47.8. The van der Waals surface area contributed by atoms with Gasteiger partial charge in [0.1, 0.15) is 6.61 Å². The quantitative estimate of drug-likeness (QED) is 0.0265. The molecule has 2 unspecified atom stereocenters. The fraction of sp³-hybridized carbons (Fsp3) is 0.882. The molecule has 0 rings (SSSR count). The summed E-state index contributed by atoms with van der Waals surface area (Å²) >= 11 is 0. The van der Waals surface area contributed by atoms with Gasteiger partial charge in [0.2, 0.25) is 0 Å². The molecule has 3 N–H and O–H groups in total. The van der Waals surface area contributed by atoms with Crippen LogP contribution in [0.1, 0.15) is 258 Å². The van der Waals surface area contributed by atoms with Gasteiger partial charge in [-0.1, -0.05) is 224 Å². The topological polar surface area (TPSA) is 134 Å². The van der Waals surface area contributed by atoms with Crippen LogP contribution in [-0.2, 0) is 32.7 Å². The molecule has 0 aliphatic carbocycles. The van der Waals surface area contributed by atoms with E-state index >= 15 is 0 Å². The molecule has 10 heteroatoms. The third-order valence-electron chi connectivity index (χ3n) is 11.3. The Kier molecular flexibility index (Phi) is 46.8. The molecule has 0 radical (unpaired) electrons. The van der Waals surface area contributed by atoms with Crippen LogP contribution >= 0.6 is 7.82 Å². The number of hydrogen-bond acceptors (Lipinski definition) is 8. The minimum absolute atomic E-state index is 0.0559. The zero-order valence-corrected chi connectivity index (χ0v) is 40.8. The predicted molar refractivity (Wildman–Crippen MR) is 257 cm³/mol. The van der Waals surface area contributed by atoms with Crippen LogP contribution in [0, 0.1) is 0 Å². The van der Waals surface area contributed by atoms with Crippen molar-refractivity contribution < 1.29 is 37.6 Å². The zero-order valence-electron chi connectivity index (χ0n) is 39.9. The van der Waals surface area contributed by atoms with Crippen molar-refractivity contribution in [2.24, 2.45) is 5.73 Å². The highest BCUT2D eigenvalue weighted by molar-refractivity contribution is 7.47. The van der Waals surface area contributed by atoms with Crippen LogP contribution in [0.25, 0.3) is 0 Å². The second-order valence-corrected chi connectivity index (χ2v) is 18.9. The second kappa shape index (κ2) is 48.0. The van der Waals surface area contributed by atoms with Crippen LogP contribution in [-0.4, -0.2) is 49.3 Å². The molecule has 0 amide bonds. The van der Waals surface area contributed by atoms with E-state index in [1.165, 1.54) is 186 Å². The van der Waals surface area contributed by atoms with Crippen molar-refractivity contribution in [3.63, 3.8) is 0 Å². The van der Waals surface area contributed by atoms with Crippen molar-refractivity contribution in [3.05, 3.63) is 24.3 Å². The second-order valence-electron chi connectivity index (χ2n) is 17.4. The molecule has 0 aromatic rings. The number of allylic oxidation sites excluding steroid dienone is 4. The highest BCUT2D eigenvalue weighted by Crippen LogP contribution is 2.43. The lowest BCUT2D eigenvalue weighted by Gasteiger charge is -2.19. The summed E-state index contributed by atoms with van der Waals surface area (Å²) in [7, 11) is -4.38.